The van der Waals surface area contributed by atoms with Crippen LogP contribution in [0.25, 0.3) is 0 Å². The molecule has 1 aliphatic carbocycles. The molecule has 5 nitrogen and oxygen atoms in total. The topological polar surface area (TPSA) is 52.8 Å². The average Bonchev–Trinajstić information content (AvgIpc) is 3.19. The molecule has 1 aromatic heterocycles. The predicted octanol–water partition coefficient (Wildman–Crippen LogP) is 3.36. The Morgan fingerprint density at radius 3 is 2.65 bits per heavy atom. The summed E-state index contributed by atoms with van der Waals surface area (Å²) in [6.07, 6.45) is 9.34. The van der Waals surface area contributed by atoms with E-state index < -0.39 is 0 Å². The minimum Gasteiger partial charge on any atom is -0.469 e. The maximum absolute atomic E-state index is 5.39. The fourth-order valence-corrected chi connectivity index (χ4v) is 4.98. The van der Waals surface area contributed by atoms with E-state index in [0.29, 0.717) is 5.54 Å². The summed E-state index contributed by atoms with van der Waals surface area (Å²) in [6, 6.07) is 3.95. The standard InChI is InChI=1S/C19H32N4OS.HI/c1-20-18(21-10-7-17-6-5-13-24-17)22-16-19(8-3-2-4-9-19)23-11-14-25-15-12-23;/h5-6,13H,2-4,7-12,14-16H2,1H3,(H2,20,21,22);1H. The number of aliphatic imine (C=N–C) groups is 1. The molecule has 0 spiro atoms. The third-order valence-electron chi connectivity index (χ3n) is 5.52. The molecule has 26 heavy (non-hydrogen) atoms. The van der Waals surface area contributed by atoms with Crippen LogP contribution in [0.2, 0.25) is 0 Å². The minimum absolute atomic E-state index is 0. The number of hydrogen-bond acceptors (Lipinski definition) is 4. The highest BCUT2D eigenvalue weighted by atomic mass is 127. The molecule has 1 aliphatic heterocycles. The number of nitrogens with one attached hydrogen (secondary N) is 2. The van der Waals surface area contributed by atoms with Crippen molar-refractivity contribution in [2.45, 2.75) is 44.1 Å². The van der Waals surface area contributed by atoms with Crippen molar-refractivity contribution in [2.75, 3.05) is 44.7 Å². The van der Waals surface area contributed by atoms with Crippen LogP contribution in [-0.2, 0) is 6.42 Å². The highest BCUT2D eigenvalue weighted by molar-refractivity contribution is 14.0. The highest BCUT2D eigenvalue weighted by Crippen LogP contribution is 2.34. The number of nitrogens with zero attached hydrogens (tertiary/aromatic N) is 2. The van der Waals surface area contributed by atoms with Crippen LogP contribution in [0.3, 0.4) is 0 Å². The van der Waals surface area contributed by atoms with Crippen molar-refractivity contribution < 1.29 is 4.42 Å². The third kappa shape index (κ3) is 6.05. The number of thioether (sulfide) groups is 1. The molecule has 0 bridgehead atoms. The van der Waals surface area contributed by atoms with Crippen molar-refractivity contribution in [3.05, 3.63) is 24.2 Å². The summed E-state index contributed by atoms with van der Waals surface area (Å²) in [5, 5.41) is 7.04. The molecule has 0 atom stereocenters. The second-order valence-electron chi connectivity index (χ2n) is 7.07. The Hall–Kier alpha value is -0.410. The molecule has 3 rings (SSSR count). The average molecular weight is 492 g/mol. The molecule has 1 aromatic rings. The fourth-order valence-electron chi connectivity index (χ4n) is 4.08. The Bertz CT molecular complexity index is 526. The second-order valence-corrected chi connectivity index (χ2v) is 8.29. The summed E-state index contributed by atoms with van der Waals surface area (Å²) in [5.41, 5.74) is 0.317. The lowest BCUT2D eigenvalue weighted by molar-refractivity contribution is 0.0626. The van der Waals surface area contributed by atoms with Crippen LogP contribution < -0.4 is 10.6 Å². The zero-order chi connectivity index (χ0) is 17.4. The van der Waals surface area contributed by atoms with E-state index in [1.54, 1.807) is 6.26 Å². The summed E-state index contributed by atoms with van der Waals surface area (Å²) >= 11 is 2.09. The van der Waals surface area contributed by atoms with Gasteiger partial charge in [0.1, 0.15) is 5.76 Å². The summed E-state index contributed by atoms with van der Waals surface area (Å²) < 4.78 is 5.39. The van der Waals surface area contributed by atoms with Gasteiger partial charge in [-0.3, -0.25) is 9.89 Å². The first-order valence-corrected chi connectivity index (χ1v) is 10.8. The van der Waals surface area contributed by atoms with Crippen molar-refractivity contribution in [3.8, 4) is 0 Å². The van der Waals surface area contributed by atoms with Gasteiger partial charge in [-0.1, -0.05) is 19.3 Å². The van der Waals surface area contributed by atoms with Crippen molar-refractivity contribution in [2.24, 2.45) is 4.99 Å². The number of rotatable bonds is 6. The van der Waals surface area contributed by atoms with Crippen LogP contribution in [0.15, 0.2) is 27.8 Å². The van der Waals surface area contributed by atoms with E-state index in [4.69, 9.17) is 4.42 Å². The largest absolute Gasteiger partial charge is 0.469 e. The van der Waals surface area contributed by atoms with Crippen LogP contribution >= 0.6 is 35.7 Å². The molecule has 148 valence electrons. The summed E-state index contributed by atoms with van der Waals surface area (Å²) in [7, 11) is 1.85. The summed E-state index contributed by atoms with van der Waals surface area (Å²) in [4.78, 5) is 7.16. The molecule has 2 heterocycles. The van der Waals surface area contributed by atoms with Gasteiger partial charge in [-0.25, -0.2) is 0 Å². The predicted molar refractivity (Wildman–Crippen MR) is 122 cm³/mol. The molecule has 2 aliphatic rings. The quantitative estimate of drug-likeness (QED) is 0.363. The maximum Gasteiger partial charge on any atom is 0.191 e. The van der Waals surface area contributed by atoms with E-state index in [-0.39, 0.29) is 24.0 Å². The molecule has 0 unspecified atom stereocenters. The Balaban J connectivity index is 0.00000243. The molecule has 1 saturated carbocycles. The SMILES string of the molecule is CN=C(NCCc1ccco1)NCC1(N2CCSCC2)CCCCC1.I. The zero-order valence-corrected chi connectivity index (χ0v) is 19.0. The van der Waals surface area contributed by atoms with Gasteiger partial charge in [0.15, 0.2) is 5.96 Å². The molecule has 0 aromatic carbocycles. The number of hydrogen-bond donors (Lipinski definition) is 2. The van der Waals surface area contributed by atoms with Crippen LogP contribution in [0, 0.1) is 0 Å². The Labute approximate surface area is 179 Å². The monoisotopic (exact) mass is 492 g/mol. The molecule has 2 N–H and O–H groups in total. The van der Waals surface area contributed by atoms with Crippen LogP contribution in [-0.4, -0.2) is 61.1 Å². The smallest absolute Gasteiger partial charge is 0.191 e. The molecule has 1 saturated heterocycles. The van der Waals surface area contributed by atoms with Crippen molar-refractivity contribution >= 4 is 41.7 Å². The lowest BCUT2D eigenvalue weighted by atomic mass is 9.80. The Morgan fingerprint density at radius 2 is 2.00 bits per heavy atom. The molecular weight excluding hydrogens is 459 g/mol. The second kappa shape index (κ2) is 11.4. The van der Waals surface area contributed by atoms with Gasteiger partial charge >= 0.3 is 0 Å². The zero-order valence-electron chi connectivity index (χ0n) is 15.8. The summed E-state index contributed by atoms with van der Waals surface area (Å²) in [5.74, 6) is 4.47. The normalized spacial score (nSPS) is 21.0. The van der Waals surface area contributed by atoms with Gasteiger partial charge in [0, 0.05) is 56.7 Å². The number of guanidine groups is 1. The highest BCUT2D eigenvalue weighted by Gasteiger charge is 2.38. The first-order valence-electron chi connectivity index (χ1n) is 9.62. The van der Waals surface area contributed by atoms with Crippen LogP contribution in [0.1, 0.15) is 37.9 Å². The molecule has 0 amide bonds. The maximum atomic E-state index is 5.39. The molecule has 0 radical (unpaired) electrons. The van der Waals surface area contributed by atoms with Crippen LogP contribution in [0.5, 0.6) is 0 Å². The fraction of sp³-hybridized carbons (Fsp3) is 0.737. The van der Waals surface area contributed by atoms with Gasteiger partial charge in [-0.05, 0) is 25.0 Å². The van der Waals surface area contributed by atoms with Gasteiger partial charge in [-0.15, -0.1) is 24.0 Å². The van der Waals surface area contributed by atoms with Gasteiger partial charge in [0.05, 0.1) is 6.26 Å². The van der Waals surface area contributed by atoms with E-state index >= 15 is 0 Å². The number of halogens is 1. The molecule has 2 fully saturated rings. The van der Waals surface area contributed by atoms with Crippen molar-refractivity contribution in [1.82, 2.24) is 15.5 Å². The Kier molecular flexibility index (Phi) is 9.63. The van der Waals surface area contributed by atoms with E-state index in [1.807, 2.05) is 19.2 Å². The molecule has 7 heteroatoms. The van der Waals surface area contributed by atoms with Gasteiger partial charge in [-0.2, -0.15) is 11.8 Å². The third-order valence-corrected chi connectivity index (χ3v) is 6.46. The van der Waals surface area contributed by atoms with E-state index in [2.05, 4.69) is 32.3 Å². The van der Waals surface area contributed by atoms with Gasteiger partial charge in [0.25, 0.3) is 0 Å². The summed E-state index contributed by atoms with van der Waals surface area (Å²) in [6.45, 7) is 4.30. The lowest BCUT2D eigenvalue weighted by Gasteiger charge is -2.48. The number of furan rings is 1. The van der Waals surface area contributed by atoms with E-state index in [9.17, 15) is 0 Å². The van der Waals surface area contributed by atoms with Gasteiger partial charge < -0.3 is 15.1 Å². The first-order chi connectivity index (χ1) is 12.3. The first kappa shape index (κ1) is 21.9. The van der Waals surface area contributed by atoms with Gasteiger partial charge in [0.2, 0.25) is 0 Å². The van der Waals surface area contributed by atoms with Crippen molar-refractivity contribution in [1.29, 1.82) is 0 Å². The minimum atomic E-state index is 0. The van der Waals surface area contributed by atoms with E-state index in [0.717, 1.165) is 31.2 Å². The lowest BCUT2D eigenvalue weighted by Crippen LogP contribution is -2.59. The molecular formula is C19H33IN4OS. The van der Waals surface area contributed by atoms with Crippen molar-refractivity contribution in [3.63, 3.8) is 0 Å². The van der Waals surface area contributed by atoms with E-state index in [1.165, 1.54) is 56.7 Å². The Morgan fingerprint density at radius 1 is 1.23 bits per heavy atom. The van der Waals surface area contributed by atoms with Crippen LogP contribution in [0.4, 0.5) is 0 Å².